The highest BCUT2D eigenvalue weighted by molar-refractivity contribution is 8.93. The maximum atomic E-state index is 12.5. The van der Waals surface area contributed by atoms with E-state index in [-0.39, 0.29) is 29.5 Å². The Kier molecular flexibility index (Phi) is 18.1. The van der Waals surface area contributed by atoms with Gasteiger partial charge in [0, 0.05) is 17.9 Å². The fraction of sp³-hybridized carbons (Fsp3) is 0.545. The largest absolute Gasteiger partial charge is 0.488 e. The monoisotopic (exact) mass is 666 g/mol. The van der Waals surface area contributed by atoms with Crippen molar-refractivity contribution in [3.63, 3.8) is 0 Å². The number of anilines is 1. The van der Waals surface area contributed by atoms with Gasteiger partial charge in [-0.05, 0) is 48.6 Å². The molecule has 0 unspecified atom stereocenters. The first-order valence-electron chi connectivity index (χ1n) is 15.0. The van der Waals surface area contributed by atoms with Crippen LogP contribution in [0.3, 0.4) is 0 Å². The van der Waals surface area contributed by atoms with Gasteiger partial charge in [-0.15, -0.1) is 28.7 Å². The molecule has 0 saturated carbocycles. The van der Waals surface area contributed by atoms with E-state index in [4.69, 9.17) is 21.1 Å². The lowest BCUT2D eigenvalue weighted by Crippen LogP contribution is -2.20. The number of ether oxygens (including phenoxy) is 2. The number of rotatable bonds is 20. The SMILES string of the molecule is Br.CCCCCCCCCCCCCCOc1c(Cl)cccc1OCC(=O)Nc1ccc(CN2CSC=C2C)cc1. The summed E-state index contributed by atoms with van der Waals surface area (Å²) in [7, 11) is 0. The predicted octanol–water partition coefficient (Wildman–Crippen LogP) is 10.4. The van der Waals surface area contributed by atoms with Gasteiger partial charge in [-0.1, -0.05) is 107 Å². The maximum Gasteiger partial charge on any atom is 0.262 e. The summed E-state index contributed by atoms with van der Waals surface area (Å²) in [5.41, 5.74) is 3.24. The standard InChI is InChI=1S/C33H47ClN2O3S.BrH/c1-3-4-5-6-7-8-9-10-11-12-13-14-22-38-33-30(34)16-15-17-31(33)39-24-32(37)35-29-20-18-28(19-21-29)23-36-26-40-25-27(36)2;/h15-21,25H,3-14,22-24,26H2,1-2H3,(H,35,37);1H. The van der Waals surface area contributed by atoms with Gasteiger partial charge in [0.25, 0.3) is 5.91 Å². The van der Waals surface area contributed by atoms with E-state index in [2.05, 4.69) is 29.5 Å². The molecule has 1 N–H and O–H groups in total. The molecular weight excluding hydrogens is 620 g/mol. The lowest BCUT2D eigenvalue weighted by atomic mass is 10.1. The number of carbonyl (C=O) groups excluding carboxylic acids is 1. The fourth-order valence-electron chi connectivity index (χ4n) is 4.71. The highest BCUT2D eigenvalue weighted by atomic mass is 79.9. The van der Waals surface area contributed by atoms with Crippen molar-refractivity contribution in [3.8, 4) is 11.5 Å². The molecule has 1 aliphatic heterocycles. The van der Waals surface area contributed by atoms with Crippen molar-refractivity contribution in [2.24, 2.45) is 0 Å². The van der Waals surface area contributed by atoms with Crippen molar-refractivity contribution in [1.82, 2.24) is 4.90 Å². The summed E-state index contributed by atoms with van der Waals surface area (Å²) in [6.07, 6.45) is 15.6. The maximum absolute atomic E-state index is 12.5. The molecule has 2 aromatic rings. The van der Waals surface area contributed by atoms with Gasteiger partial charge in [0.05, 0.1) is 17.5 Å². The Hall–Kier alpha value is -1.83. The molecule has 0 atom stereocenters. The van der Waals surface area contributed by atoms with E-state index in [0.29, 0.717) is 23.1 Å². The number of halogens is 2. The second-order valence-electron chi connectivity index (χ2n) is 10.6. The Morgan fingerprint density at radius 1 is 0.902 bits per heavy atom. The number of hydrogen-bond acceptors (Lipinski definition) is 5. The molecule has 1 amide bonds. The van der Waals surface area contributed by atoms with Gasteiger partial charge in [-0.2, -0.15) is 0 Å². The molecule has 0 saturated heterocycles. The highest BCUT2D eigenvalue weighted by Crippen LogP contribution is 2.35. The van der Waals surface area contributed by atoms with Crippen LogP contribution in [0.2, 0.25) is 5.02 Å². The van der Waals surface area contributed by atoms with E-state index in [0.717, 1.165) is 31.0 Å². The summed E-state index contributed by atoms with van der Waals surface area (Å²) in [5.74, 6) is 1.75. The Morgan fingerprint density at radius 3 is 2.15 bits per heavy atom. The van der Waals surface area contributed by atoms with Gasteiger partial charge >= 0.3 is 0 Å². The molecule has 0 spiro atoms. The summed E-state index contributed by atoms with van der Waals surface area (Å²) in [5, 5.41) is 5.58. The molecule has 0 aromatic heterocycles. The van der Waals surface area contributed by atoms with Crippen LogP contribution >= 0.6 is 40.3 Å². The van der Waals surface area contributed by atoms with Crippen molar-refractivity contribution in [3.05, 3.63) is 64.2 Å². The number of allylic oxidation sites excluding steroid dienone is 1. The fourth-order valence-corrected chi connectivity index (χ4v) is 5.87. The number of amides is 1. The number of nitrogens with zero attached hydrogens (tertiary/aromatic N) is 1. The first-order valence-corrected chi connectivity index (χ1v) is 16.5. The Morgan fingerprint density at radius 2 is 1.54 bits per heavy atom. The van der Waals surface area contributed by atoms with Crippen LogP contribution in [0.1, 0.15) is 96.5 Å². The van der Waals surface area contributed by atoms with Crippen LogP contribution in [0, 0.1) is 0 Å². The van der Waals surface area contributed by atoms with E-state index >= 15 is 0 Å². The smallest absolute Gasteiger partial charge is 0.262 e. The van der Waals surface area contributed by atoms with Crippen molar-refractivity contribution in [2.45, 2.75) is 97.4 Å². The van der Waals surface area contributed by atoms with Crippen LogP contribution in [0.5, 0.6) is 11.5 Å². The summed E-state index contributed by atoms with van der Waals surface area (Å²) < 4.78 is 11.8. The number of nitrogens with one attached hydrogen (secondary N) is 1. The van der Waals surface area contributed by atoms with Crippen LogP contribution < -0.4 is 14.8 Å². The molecule has 228 valence electrons. The predicted molar refractivity (Wildman–Crippen MR) is 181 cm³/mol. The van der Waals surface area contributed by atoms with Crippen molar-refractivity contribution < 1.29 is 14.3 Å². The second kappa shape index (κ2) is 21.0. The molecule has 41 heavy (non-hydrogen) atoms. The number of carbonyl (C=O) groups is 1. The average molecular weight is 668 g/mol. The minimum atomic E-state index is -0.227. The van der Waals surface area contributed by atoms with Crippen molar-refractivity contribution in [1.29, 1.82) is 0 Å². The number of unbranched alkanes of at least 4 members (excludes halogenated alkanes) is 11. The van der Waals surface area contributed by atoms with Crippen molar-refractivity contribution in [2.75, 3.05) is 24.4 Å². The lowest BCUT2D eigenvalue weighted by Gasteiger charge is -2.19. The van der Waals surface area contributed by atoms with E-state index in [9.17, 15) is 4.79 Å². The van der Waals surface area contributed by atoms with E-state index in [1.54, 1.807) is 18.2 Å². The summed E-state index contributed by atoms with van der Waals surface area (Å²) in [4.78, 5) is 14.9. The third-order valence-electron chi connectivity index (χ3n) is 7.13. The van der Waals surface area contributed by atoms with Gasteiger partial charge in [-0.3, -0.25) is 4.79 Å². The van der Waals surface area contributed by atoms with E-state index in [1.807, 2.05) is 36.0 Å². The normalized spacial score (nSPS) is 12.6. The zero-order valence-corrected chi connectivity index (χ0v) is 28.1. The zero-order chi connectivity index (χ0) is 28.4. The molecule has 0 fully saturated rings. The van der Waals surface area contributed by atoms with Crippen LogP contribution in [0.15, 0.2) is 53.6 Å². The minimum Gasteiger partial charge on any atom is -0.488 e. The second-order valence-corrected chi connectivity index (χ2v) is 11.8. The topological polar surface area (TPSA) is 50.8 Å². The summed E-state index contributed by atoms with van der Waals surface area (Å²) in [6.45, 7) is 5.73. The molecule has 2 aromatic carbocycles. The van der Waals surface area contributed by atoms with Crippen LogP contribution in [-0.2, 0) is 11.3 Å². The van der Waals surface area contributed by atoms with Crippen molar-refractivity contribution >= 4 is 51.9 Å². The number of para-hydroxylation sites is 1. The molecule has 5 nitrogen and oxygen atoms in total. The quantitative estimate of drug-likeness (QED) is 0.142. The zero-order valence-electron chi connectivity index (χ0n) is 24.8. The minimum absolute atomic E-state index is 0. The van der Waals surface area contributed by atoms with Gasteiger partial charge < -0.3 is 19.7 Å². The van der Waals surface area contributed by atoms with Crippen LogP contribution in [0.4, 0.5) is 5.69 Å². The van der Waals surface area contributed by atoms with Gasteiger partial charge in [-0.25, -0.2) is 0 Å². The highest BCUT2D eigenvalue weighted by Gasteiger charge is 2.14. The Balaban J connectivity index is 0.00000588. The average Bonchev–Trinajstić information content (AvgIpc) is 3.36. The molecular formula is C33H48BrClN2O3S. The third kappa shape index (κ3) is 13.8. The molecule has 8 heteroatoms. The molecule has 1 aliphatic rings. The lowest BCUT2D eigenvalue weighted by molar-refractivity contribution is -0.118. The molecule has 0 radical (unpaired) electrons. The number of thioether (sulfide) groups is 1. The number of hydrogen-bond donors (Lipinski definition) is 1. The Labute approximate surface area is 267 Å². The first-order chi connectivity index (χ1) is 19.6. The van der Waals surface area contributed by atoms with Crippen LogP contribution in [0.25, 0.3) is 0 Å². The van der Waals surface area contributed by atoms with E-state index < -0.39 is 0 Å². The molecule has 3 rings (SSSR count). The molecule has 0 aliphatic carbocycles. The summed E-state index contributed by atoms with van der Waals surface area (Å²) in [6, 6.07) is 13.3. The molecule has 1 heterocycles. The van der Waals surface area contributed by atoms with Gasteiger partial charge in [0.2, 0.25) is 0 Å². The molecule has 0 bridgehead atoms. The summed E-state index contributed by atoms with van der Waals surface area (Å²) >= 11 is 8.21. The first kappa shape index (κ1) is 35.4. The van der Waals surface area contributed by atoms with Crippen LogP contribution in [-0.4, -0.2) is 29.9 Å². The van der Waals surface area contributed by atoms with Gasteiger partial charge in [0.15, 0.2) is 18.1 Å². The number of benzene rings is 2. The third-order valence-corrected chi connectivity index (χ3v) is 8.39. The van der Waals surface area contributed by atoms with E-state index in [1.165, 1.54) is 75.5 Å². The Bertz CT molecular complexity index is 1050. The van der Waals surface area contributed by atoms with Gasteiger partial charge in [0.1, 0.15) is 0 Å².